The van der Waals surface area contributed by atoms with E-state index in [2.05, 4.69) is 55.6 Å². The molecule has 514 valence electrons. The SMILES string of the molecule is CCCCCCCCCC/C=C\CCCCCCCCCCCCCCCCCCCCCCCCCCCC(=O)NC(COP(=O)(O)OCC[N+](C)(C)C)C(O)/C=C/CC/C=C/CC/C=C/CCCCCCCCCCCCCCCCCCCC. The van der Waals surface area contributed by atoms with E-state index in [0.717, 1.165) is 44.9 Å². The summed E-state index contributed by atoms with van der Waals surface area (Å²) in [7, 11) is 1.56. The van der Waals surface area contributed by atoms with Crippen molar-refractivity contribution >= 4 is 13.7 Å². The van der Waals surface area contributed by atoms with Crippen LogP contribution in [-0.4, -0.2) is 73.4 Å². The maximum atomic E-state index is 13.1. The first kappa shape index (κ1) is 85.5. The Morgan fingerprint density at radius 3 is 0.920 bits per heavy atom. The smallest absolute Gasteiger partial charge is 0.387 e. The molecule has 0 rings (SSSR count). The molecular weight excluding hydrogens is 1090 g/mol. The van der Waals surface area contributed by atoms with Crippen LogP contribution in [0, 0.1) is 0 Å². The number of allylic oxidation sites excluding steroid dienone is 7. The molecule has 9 heteroatoms. The molecule has 3 N–H and O–H groups in total. The van der Waals surface area contributed by atoms with Gasteiger partial charge in [0.1, 0.15) is 13.2 Å². The summed E-state index contributed by atoms with van der Waals surface area (Å²) in [6, 6.07) is -0.871. The van der Waals surface area contributed by atoms with Crippen LogP contribution in [0.2, 0.25) is 0 Å². The van der Waals surface area contributed by atoms with Crippen molar-refractivity contribution in [3.8, 4) is 0 Å². The average molecular weight is 1250 g/mol. The standard InChI is InChI=1S/C78H151N2O6P/c1-6-8-10-12-14-16-18-20-22-24-26-28-30-32-34-36-37-38-39-40-41-42-43-44-46-48-50-52-54-56-58-60-62-64-66-68-70-72-78(82)79-76(75-86-87(83,84)85-74-73-80(3,4)5)77(81)71-69-67-65-63-61-59-57-55-53-51-49-47-45-35-33-31-29-27-25-23-21-19-17-15-13-11-9-7-2/h24,26,53,55,61,63,69,71,76-77,81H,6-23,25,27-52,54,56-60,62,64-68,70,72-75H2,1-5H3,(H-,79,82,83,84)/p+1/b26-24-,55-53+,63-61+,71-69+. The normalized spacial score (nSPS) is 13.8. The predicted octanol–water partition coefficient (Wildman–Crippen LogP) is 25.0. The van der Waals surface area contributed by atoms with Crippen LogP contribution in [0.5, 0.6) is 0 Å². The van der Waals surface area contributed by atoms with E-state index in [4.69, 9.17) is 9.05 Å². The number of nitrogens with zero attached hydrogens (tertiary/aromatic N) is 1. The van der Waals surface area contributed by atoms with E-state index in [0.29, 0.717) is 17.4 Å². The van der Waals surface area contributed by atoms with E-state index in [-0.39, 0.29) is 19.1 Å². The molecule has 0 aromatic rings. The Kier molecular flexibility index (Phi) is 67.6. The van der Waals surface area contributed by atoms with Gasteiger partial charge in [0.15, 0.2) is 0 Å². The van der Waals surface area contributed by atoms with Gasteiger partial charge in [-0.2, -0.15) is 0 Å². The van der Waals surface area contributed by atoms with E-state index in [1.54, 1.807) is 6.08 Å². The number of aliphatic hydroxyl groups excluding tert-OH is 1. The molecule has 0 saturated carbocycles. The lowest BCUT2D eigenvalue weighted by Gasteiger charge is -2.25. The highest BCUT2D eigenvalue weighted by molar-refractivity contribution is 7.47. The molecule has 0 aliphatic rings. The summed E-state index contributed by atoms with van der Waals surface area (Å²) >= 11 is 0. The molecule has 0 radical (unpaired) electrons. The minimum atomic E-state index is -4.37. The van der Waals surface area contributed by atoms with Crippen molar-refractivity contribution in [1.29, 1.82) is 0 Å². The number of amides is 1. The molecule has 0 saturated heterocycles. The maximum Gasteiger partial charge on any atom is 0.472 e. The van der Waals surface area contributed by atoms with Crippen LogP contribution in [-0.2, 0) is 18.4 Å². The van der Waals surface area contributed by atoms with Crippen LogP contribution in [0.3, 0.4) is 0 Å². The number of phosphoric ester groups is 1. The second kappa shape index (κ2) is 68.8. The zero-order chi connectivity index (χ0) is 63.4. The van der Waals surface area contributed by atoms with Crippen LogP contribution in [0.15, 0.2) is 48.6 Å². The van der Waals surface area contributed by atoms with E-state index in [1.165, 1.54) is 327 Å². The molecule has 8 nitrogen and oxygen atoms in total. The Bertz CT molecular complexity index is 1560. The molecule has 0 aliphatic heterocycles. The third kappa shape index (κ3) is 71.8. The van der Waals surface area contributed by atoms with Gasteiger partial charge in [0, 0.05) is 6.42 Å². The average Bonchev–Trinajstić information content (AvgIpc) is 3.70. The number of unbranched alkanes of at least 4 members (excludes halogenated alkanes) is 53. The lowest BCUT2D eigenvalue weighted by atomic mass is 10.0. The van der Waals surface area contributed by atoms with Crippen molar-refractivity contribution < 1.29 is 32.9 Å². The number of likely N-dealkylation sites (N-methyl/N-ethyl adjacent to an activating group) is 1. The Morgan fingerprint density at radius 1 is 0.379 bits per heavy atom. The van der Waals surface area contributed by atoms with Gasteiger partial charge in [0.2, 0.25) is 5.91 Å². The molecule has 0 aromatic heterocycles. The largest absolute Gasteiger partial charge is 0.472 e. The molecule has 87 heavy (non-hydrogen) atoms. The van der Waals surface area contributed by atoms with E-state index < -0.39 is 20.0 Å². The lowest BCUT2D eigenvalue weighted by molar-refractivity contribution is -0.870. The maximum absolute atomic E-state index is 13.1. The van der Waals surface area contributed by atoms with Gasteiger partial charge in [0.25, 0.3) is 0 Å². The topological polar surface area (TPSA) is 105 Å². The Labute approximate surface area is 543 Å². The first-order valence-corrected chi connectivity index (χ1v) is 40.0. The fraction of sp³-hybridized carbons (Fsp3) is 0.885. The summed E-state index contributed by atoms with van der Waals surface area (Å²) in [5.74, 6) is -0.183. The number of rotatable bonds is 72. The zero-order valence-corrected chi connectivity index (χ0v) is 59.9. The van der Waals surface area contributed by atoms with E-state index >= 15 is 0 Å². The number of nitrogens with one attached hydrogen (secondary N) is 1. The highest BCUT2D eigenvalue weighted by Gasteiger charge is 2.28. The summed E-state index contributed by atoms with van der Waals surface area (Å²) in [5.41, 5.74) is 0. The summed E-state index contributed by atoms with van der Waals surface area (Å²) in [5, 5.41) is 14.0. The van der Waals surface area contributed by atoms with Crippen LogP contribution in [0.1, 0.15) is 393 Å². The molecule has 0 spiro atoms. The first-order valence-electron chi connectivity index (χ1n) is 38.5. The molecule has 0 bridgehead atoms. The first-order chi connectivity index (χ1) is 42.5. The predicted molar refractivity (Wildman–Crippen MR) is 383 cm³/mol. The number of aliphatic hydroxyl groups is 1. The highest BCUT2D eigenvalue weighted by atomic mass is 31.2. The van der Waals surface area contributed by atoms with Crippen molar-refractivity contribution in [2.75, 3.05) is 40.9 Å². The lowest BCUT2D eigenvalue weighted by Crippen LogP contribution is -2.45. The highest BCUT2D eigenvalue weighted by Crippen LogP contribution is 2.43. The van der Waals surface area contributed by atoms with Crippen molar-refractivity contribution in [3.05, 3.63) is 48.6 Å². The van der Waals surface area contributed by atoms with Gasteiger partial charge in [-0.15, -0.1) is 0 Å². The van der Waals surface area contributed by atoms with Crippen molar-refractivity contribution in [3.63, 3.8) is 0 Å². The summed E-state index contributed by atoms with van der Waals surface area (Å²) < 4.78 is 23.8. The minimum Gasteiger partial charge on any atom is -0.387 e. The van der Waals surface area contributed by atoms with Gasteiger partial charge in [-0.05, 0) is 70.6 Å². The molecule has 1 amide bonds. The molecule has 3 unspecified atom stereocenters. The van der Waals surface area contributed by atoms with Gasteiger partial charge < -0.3 is 19.8 Å². The quantitative estimate of drug-likeness (QED) is 0.0243. The van der Waals surface area contributed by atoms with Crippen LogP contribution in [0.4, 0.5) is 0 Å². The van der Waals surface area contributed by atoms with E-state index in [9.17, 15) is 19.4 Å². The molecular formula is C78H152N2O6P+. The second-order valence-electron chi connectivity index (χ2n) is 27.7. The molecule has 0 aliphatic carbocycles. The molecule has 0 aromatic carbocycles. The Balaban J connectivity index is 4.00. The van der Waals surface area contributed by atoms with Gasteiger partial charge in [-0.25, -0.2) is 4.57 Å². The number of hydrogen-bond donors (Lipinski definition) is 3. The van der Waals surface area contributed by atoms with Gasteiger partial charge >= 0.3 is 7.82 Å². The summed E-state index contributed by atoms with van der Waals surface area (Å²) in [6.45, 7) is 4.85. The van der Waals surface area contributed by atoms with Crippen molar-refractivity contribution in [2.24, 2.45) is 0 Å². The number of carbonyl (C=O) groups excluding carboxylic acids is 1. The third-order valence-electron chi connectivity index (χ3n) is 17.7. The summed E-state index contributed by atoms with van der Waals surface area (Å²) in [4.78, 5) is 23.5. The van der Waals surface area contributed by atoms with Gasteiger partial charge in [-0.1, -0.05) is 364 Å². The fourth-order valence-electron chi connectivity index (χ4n) is 11.8. The van der Waals surface area contributed by atoms with Crippen LogP contribution >= 0.6 is 7.82 Å². The molecule has 0 fully saturated rings. The molecule has 0 heterocycles. The van der Waals surface area contributed by atoms with E-state index in [1.807, 2.05) is 27.2 Å². The van der Waals surface area contributed by atoms with Gasteiger partial charge in [-0.3, -0.25) is 13.8 Å². The fourth-order valence-corrected chi connectivity index (χ4v) is 12.5. The number of hydrogen-bond acceptors (Lipinski definition) is 5. The number of quaternary nitrogens is 1. The van der Waals surface area contributed by atoms with Crippen molar-refractivity contribution in [1.82, 2.24) is 5.32 Å². The van der Waals surface area contributed by atoms with Crippen LogP contribution in [0.25, 0.3) is 0 Å². The second-order valence-corrected chi connectivity index (χ2v) is 29.2. The Hall–Kier alpha value is -1.54. The minimum absolute atomic E-state index is 0.0548. The third-order valence-corrected chi connectivity index (χ3v) is 18.7. The van der Waals surface area contributed by atoms with Gasteiger partial charge in [0.05, 0.1) is 39.9 Å². The van der Waals surface area contributed by atoms with Crippen LogP contribution < -0.4 is 5.32 Å². The van der Waals surface area contributed by atoms with Crippen molar-refractivity contribution in [2.45, 2.75) is 405 Å². The summed E-state index contributed by atoms with van der Waals surface area (Å²) in [6.07, 6.45) is 94.5. The monoisotopic (exact) mass is 1240 g/mol. The number of carbonyl (C=O) groups is 1. The Morgan fingerprint density at radius 2 is 0.632 bits per heavy atom. The number of phosphoric acid groups is 1. The molecule has 3 atom stereocenters. The zero-order valence-electron chi connectivity index (χ0n) is 59.0.